The summed E-state index contributed by atoms with van der Waals surface area (Å²) < 4.78 is 66.2. The minimum Gasteiger partial charge on any atom is -0.207 e. The number of nitrogens with zero attached hydrogens (tertiary/aromatic N) is 2. The highest BCUT2D eigenvalue weighted by molar-refractivity contribution is 7.89. The Kier molecular flexibility index (Phi) is 5.63. The summed E-state index contributed by atoms with van der Waals surface area (Å²) in [6, 6.07) is 5.64. The van der Waals surface area contributed by atoms with Crippen molar-refractivity contribution < 1.29 is 21.6 Å². The first-order valence-corrected chi connectivity index (χ1v) is 11.5. The maximum absolute atomic E-state index is 13.2. The highest BCUT2D eigenvalue weighted by Gasteiger charge is 2.40. The summed E-state index contributed by atoms with van der Waals surface area (Å²) in [7, 11) is -3.80. The number of nitriles is 1. The number of rotatable bonds is 3. The second kappa shape index (κ2) is 7.97. The molecule has 1 heterocycles. The summed E-state index contributed by atoms with van der Waals surface area (Å²) in [6.45, 7) is 0.316. The molecule has 0 bridgehead atoms. The molecule has 1 fully saturated rings. The van der Waals surface area contributed by atoms with E-state index >= 15 is 0 Å². The van der Waals surface area contributed by atoms with Gasteiger partial charge in [0.25, 0.3) is 0 Å². The van der Waals surface area contributed by atoms with Gasteiger partial charge in [-0.2, -0.15) is 22.7 Å². The Balaban J connectivity index is 1.52. The largest absolute Gasteiger partial charge is 0.416 e. The highest BCUT2D eigenvalue weighted by Crippen LogP contribution is 2.39. The molecule has 4 nitrogen and oxygen atoms in total. The Morgan fingerprint density at radius 3 is 2.58 bits per heavy atom. The van der Waals surface area contributed by atoms with Gasteiger partial charge in [0.15, 0.2) is 0 Å². The first kappa shape index (κ1) is 21.9. The maximum atomic E-state index is 13.2. The molecule has 2 atom stereocenters. The van der Waals surface area contributed by atoms with Crippen LogP contribution in [0.4, 0.5) is 13.2 Å². The zero-order valence-electron chi connectivity index (χ0n) is 16.2. The van der Waals surface area contributed by atoms with E-state index in [9.17, 15) is 21.6 Å². The SMILES string of the molecule is N#Cc1ccc(S(=O)(=O)N2CCC3=CC(C4C=CC(C(F)(F)F)=CC4)=CCC32)cc1Cl. The lowest BCUT2D eigenvalue weighted by Crippen LogP contribution is -2.36. The lowest BCUT2D eigenvalue weighted by Gasteiger charge is -2.28. The summed E-state index contributed by atoms with van der Waals surface area (Å²) in [5, 5.41) is 9.08. The zero-order valence-corrected chi connectivity index (χ0v) is 17.8. The molecule has 4 rings (SSSR count). The zero-order chi connectivity index (χ0) is 22.4. The number of hydrogen-bond acceptors (Lipinski definition) is 3. The van der Waals surface area contributed by atoms with E-state index in [1.54, 1.807) is 6.08 Å². The second-order valence-electron chi connectivity index (χ2n) is 7.65. The fourth-order valence-corrected chi connectivity index (χ4v) is 6.16. The first-order chi connectivity index (χ1) is 14.6. The van der Waals surface area contributed by atoms with Gasteiger partial charge in [-0.15, -0.1) is 0 Å². The van der Waals surface area contributed by atoms with Crippen LogP contribution in [0.2, 0.25) is 5.02 Å². The molecule has 162 valence electrons. The van der Waals surface area contributed by atoms with Crippen molar-refractivity contribution in [1.82, 2.24) is 4.31 Å². The molecular formula is C22H18ClF3N2O2S. The fourth-order valence-electron chi connectivity index (χ4n) is 4.21. The number of alkyl halides is 3. The van der Waals surface area contributed by atoms with Crippen LogP contribution in [-0.2, 0) is 10.0 Å². The molecule has 0 saturated carbocycles. The third-order valence-electron chi connectivity index (χ3n) is 5.85. The minimum absolute atomic E-state index is 0.0348. The molecule has 2 aliphatic carbocycles. The number of hydrogen-bond donors (Lipinski definition) is 0. The van der Waals surface area contributed by atoms with Crippen LogP contribution in [0.25, 0.3) is 0 Å². The van der Waals surface area contributed by atoms with Gasteiger partial charge >= 0.3 is 6.18 Å². The van der Waals surface area contributed by atoms with Crippen molar-refractivity contribution in [3.8, 4) is 6.07 Å². The first-order valence-electron chi connectivity index (χ1n) is 9.69. The number of halogens is 4. The van der Waals surface area contributed by atoms with Crippen LogP contribution in [0.3, 0.4) is 0 Å². The van der Waals surface area contributed by atoms with E-state index in [4.69, 9.17) is 16.9 Å². The van der Waals surface area contributed by atoms with E-state index in [1.807, 2.05) is 18.2 Å². The average molecular weight is 467 g/mol. The van der Waals surface area contributed by atoms with Gasteiger partial charge in [0.05, 0.1) is 21.1 Å². The maximum Gasteiger partial charge on any atom is 0.416 e. The summed E-state index contributed by atoms with van der Waals surface area (Å²) in [5.41, 5.74) is 1.45. The van der Waals surface area contributed by atoms with Crippen LogP contribution in [0.1, 0.15) is 24.8 Å². The Labute approximate surface area is 183 Å². The molecule has 0 aromatic heterocycles. The van der Waals surface area contributed by atoms with Gasteiger partial charge in [0, 0.05) is 18.5 Å². The van der Waals surface area contributed by atoms with E-state index in [-0.39, 0.29) is 33.9 Å². The summed E-state index contributed by atoms with van der Waals surface area (Å²) in [5.74, 6) is -0.150. The van der Waals surface area contributed by atoms with Gasteiger partial charge in [-0.25, -0.2) is 8.42 Å². The molecule has 3 aliphatic rings. The smallest absolute Gasteiger partial charge is 0.207 e. The Morgan fingerprint density at radius 1 is 1.19 bits per heavy atom. The van der Waals surface area contributed by atoms with Crippen molar-refractivity contribution in [2.75, 3.05) is 6.54 Å². The van der Waals surface area contributed by atoms with Crippen LogP contribution in [0.15, 0.2) is 70.2 Å². The van der Waals surface area contributed by atoms with E-state index < -0.39 is 21.8 Å². The van der Waals surface area contributed by atoms with E-state index in [1.165, 1.54) is 28.6 Å². The number of sulfonamides is 1. The lowest BCUT2D eigenvalue weighted by atomic mass is 9.84. The van der Waals surface area contributed by atoms with Gasteiger partial charge in [-0.3, -0.25) is 0 Å². The van der Waals surface area contributed by atoms with Gasteiger partial charge in [0.2, 0.25) is 10.0 Å². The van der Waals surface area contributed by atoms with Crippen molar-refractivity contribution in [3.63, 3.8) is 0 Å². The molecule has 1 aromatic rings. The van der Waals surface area contributed by atoms with Gasteiger partial charge in [-0.05, 0) is 43.0 Å². The van der Waals surface area contributed by atoms with Gasteiger partial charge < -0.3 is 0 Å². The summed E-state index contributed by atoms with van der Waals surface area (Å²) in [4.78, 5) is 0.0348. The average Bonchev–Trinajstić information content (AvgIpc) is 3.17. The second-order valence-corrected chi connectivity index (χ2v) is 9.95. The van der Waals surface area contributed by atoms with Crippen LogP contribution < -0.4 is 0 Å². The normalized spacial score (nSPS) is 24.2. The quantitative estimate of drug-likeness (QED) is 0.607. The van der Waals surface area contributed by atoms with Crippen molar-refractivity contribution in [2.24, 2.45) is 5.92 Å². The topological polar surface area (TPSA) is 61.2 Å². The Hall–Kier alpha value is -2.34. The summed E-state index contributed by atoms with van der Waals surface area (Å²) >= 11 is 6.02. The molecule has 0 radical (unpaired) electrons. The molecule has 0 N–H and O–H groups in total. The third-order valence-corrected chi connectivity index (χ3v) is 8.07. The highest BCUT2D eigenvalue weighted by atomic mass is 35.5. The van der Waals surface area contributed by atoms with Crippen molar-refractivity contribution >= 4 is 21.6 Å². The predicted octanol–water partition coefficient (Wildman–Crippen LogP) is 5.30. The molecule has 1 aromatic carbocycles. The molecule has 31 heavy (non-hydrogen) atoms. The third kappa shape index (κ3) is 4.10. The molecule has 2 unspecified atom stereocenters. The van der Waals surface area contributed by atoms with Crippen molar-refractivity contribution in [1.29, 1.82) is 5.26 Å². The van der Waals surface area contributed by atoms with E-state index in [0.29, 0.717) is 19.4 Å². The van der Waals surface area contributed by atoms with Crippen molar-refractivity contribution in [2.45, 2.75) is 36.4 Å². The van der Waals surface area contributed by atoms with Crippen LogP contribution >= 0.6 is 11.6 Å². The Bertz CT molecular complexity index is 1190. The fraction of sp³-hybridized carbons (Fsp3) is 0.318. The standard InChI is InChI=1S/C22H18ClF3N2O2S/c23-20-12-19(7-3-17(20)13-27)31(29,30)28-10-9-16-11-15(4-8-21(16)28)14-1-5-18(6-2-14)22(24,25)26/h1,3-7,11-12,14,21H,2,8-10H2. The van der Waals surface area contributed by atoms with Gasteiger partial charge in [-0.1, -0.05) is 47.6 Å². The van der Waals surface area contributed by atoms with Crippen LogP contribution in [0.5, 0.6) is 0 Å². The van der Waals surface area contributed by atoms with E-state index in [0.717, 1.165) is 17.2 Å². The molecule has 9 heteroatoms. The van der Waals surface area contributed by atoms with Crippen LogP contribution in [0, 0.1) is 17.2 Å². The number of benzene rings is 1. The predicted molar refractivity (Wildman–Crippen MR) is 111 cm³/mol. The molecular weight excluding hydrogens is 449 g/mol. The lowest BCUT2D eigenvalue weighted by molar-refractivity contribution is -0.0887. The molecule has 0 amide bonds. The number of fused-ring (bicyclic) bond motifs is 1. The molecule has 1 saturated heterocycles. The molecule has 0 spiro atoms. The van der Waals surface area contributed by atoms with E-state index in [2.05, 4.69) is 0 Å². The summed E-state index contributed by atoms with van der Waals surface area (Å²) in [6.07, 6.45) is 4.66. The van der Waals surface area contributed by atoms with Crippen molar-refractivity contribution in [3.05, 3.63) is 75.9 Å². The monoisotopic (exact) mass is 466 g/mol. The van der Waals surface area contributed by atoms with Gasteiger partial charge in [0.1, 0.15) is 6.07 Å². The van der Waals surface area contributed by atoms with Crippen LogP contribution in [-0.4, -0.2) is 31.5 Å². The minimum atomic E-state index is -4.35. The Morgan fingerprint density at radius 2 is 1.97 bits per heavy atom. The number of allylic oxidation sites excluding steroid dienone is 6. The molecule has 1 aliphatic heterocycles.